The van der Waals surface area contributed by atoms with E-state index < -0.39 is 0 Å². The van der Waals surface area contributed by atoms with Gasteiger partial charge in [-0.3, -0.25) is 0 Å². The Hall–Kier alpha value is -0.640. The average Bonchev–Trinajstić information content (AvgIpc) is 2.20. The van der Waals surface area contributed by atoms with E-state index in [1.54, 1.807) is 19.3 Å². The molecule has 0 saturated carbocycles. The first-order valence-corrected chi connectivity index (χ1v) is 4.90. The first-order chi connectivity index (χ1) is 7.01. The van der Waals surface area contributed by atoms with Crippen molar-refractivity contribution in [1.29, 1.82) is 0 Å². The van der Waals surface area contributed by atoms with Crippen LogP contribution in [0.5, 0.6) is 0 Å². The molecule has 2 N–H and O–H groups in total. The van der Waals surface area contributed by atoms with Crippen molar-refractivity contribution in [1.82, 2.24) is 0 Å². The van der Waals surface area contributed by atoms with Crippen molar-refractivity contribution in [2.24, 2.45) is 0 Å². The van der Waals surface area contributed by atoms with Gasteiger partial charge in [0.15, 0.2) is 0 Å². The molecule has 0 fully saturated rings. The van der Waals surface area contributed by atoms with E-state index in [2.05, 4.69) is 13.2 Å². The zero-order valence-corrected chi connectivity index (χ0v) is 10.9. The lowest BCUT2D eigenvalue weighted by atomic mass is 10.5. The van der Waals surface area contributed by atoms with Gasteiger partial charge in [-0.15, -0.1) is 13.2 Å². The molecular weight excluding hydrogens is 192 g/mol. The fourth-order valence-electron chi connectivity index (χ4n) is 0. The van der Waals surface area contributed by atoms with Crippen molar-refractivity contribution in [2.75, 3.05) is 20.3 Å². The van der Waals surface area contributed by atoms with E-state index in [-0.39, 0.29) is 13.2 Å². The quantitative estimate of drug-likeness (QED) is 0.703. The predicted molar refractivity (Wildman–Crippen MR) is 68.1 cm³/mol. The molecule has 0 aromatic heterocycles. The summed E-state index contributed by atoms with van der Waals surface area (Å²) in [5.74, 6) is 0. The molecule has 0 saturated heterocycles. The van der Waals surface area contributed by atoms with E-state index in [1.807, 2.05) is 27.7 Å². The van der Waals surface area contributed by atoms with Gasteiger partial charge in [0.1, 0.15) is 0 Å². The zero-order chi connectivity index (χ0) is 13.1. The maximum atomic E-state index is 7.62. The highest BCUT2D eigenvalue weighted by Crippen LogP contribution is 1.77. The molecule has 15 heavy (non-hydrogen) atoms. The van der Waals surface area contributed by atoms with Crippen LogP contribution in [-0.4, -0.2) is 36.6 Å². The number of aliphatic hydroxyl groups is 2. The van der Waals surface area contributed by atoms with E-state index in [9.17, 15) is 0 Å². The SMILES string of the molecule is C=CC.C=CC.COC(C)C.OCCO. The fraction of sp³-hybridized carbons (Fsp3) is 0.667. The zero-order valence-electron chi connectivity index (χ0n) is 10.9. The molecule has 0 bridgehead atoms. The Bertz CT molecular complexity index is 82.9. The minimum absolute atomic E-state index is 0.125. The molecule has 0 aromatic rings. The third-order valence-electron chi connectivity index (χ3n) is 0.571. The summed E-state index contributed by atoms with van der Waals surface area (Å²) in [5.41, 5.74) is 0. The second-order valence-electron chi connectivity index (χ2n) is 2.55. The summed E-state index contributed by atoms with van der Waals surface area (Å²) in [6.07, 6.45) is 3.88. The molecule has 0 amide bonds. The van der Waals surface area contributed by atoms with E-state index in [1.165, 1.54) is 0 Å². The van der Waals surface area contributed by atoms with Crippen LogP contribution in [0.4, 0.5) is 0 Å². The van der Waals surface area contributed by atoms with Gasteiger partial charge in [0.25, 0.3) is 0 Å². The van der Waals surface area contributed by atoms with Gasteiger partial charge in [-0.1, -0.05) is 12.2 Å². The number of aliphatic hydroxyl groups excluding tert-OH is 2. The first-order valence-electron chi connectivity index (χ1n) is 4.90. The van der Waals surface area contributed by atoms with Crippen LogP contribution < -0.4 is 0 Å². The number of rotatable bonds is 2. The van der Waals surface area contributed by atoms with Crippen molar-refractivity contribution < 1.29 is 14.9 Å². The molecule has 0 aliphatic carbocycles. The number of hydrogen-bond acceptors (Lipinski definition) is 3. The third kappa shape index (κ3) is 310. The monoisotopic (exact) mass is 220 g/mol. The summed E-state index contributed by atoms with van der Waals surface area (Å²) < 4.78 is 4.75. The van der Waals surface area contributed by atoms with Crippen LogP contribution in [0.25, 0.3) is 0 Å². The molecule has 0 rings (SSSR count). The van der Waals surface area contributed by atoms with Crippen molar-refractivity contribution >= 4 is 0 Å². The summed E-state index contributed by atoms with van der Waals surface area (Å²) in [6, 6.07) is 0. The Morgan fingerprint density at radius 3 is 1.20 bits per heavy atom. The molecule has 0 spiro atoms. The molecule has 94 valence electrons. The van der Waals surface area contributed by atoms with Crippen LogP contribution in [0.15, 0.2) is 25.3 Å². The maximum absolute atomic E-state index is 7.62. The molecule has 0 heterocycles. The van der Waals surface area contributed by atoms with Gasteiger partial charge in [-0.2, -0.15) is 0 Å². The van der Waals surface area contributed by atoms with Crippen LogP contribution >= 0.6 is 0 Å². The summed E-state index contributed by atoms with van der Waals surface area (Å²) in [6.45, 7) is 14.2. The second kappa shape index (κ2) is 37.7. The molecule has 0 aliphatic heterocycles. The van der Waals surface area contributed by atoms with Crippen LogP contribution in [0.3, 0.4) is 0 Å². The van der Waals surface area contributed by atoms with Gasteiger partial charge < -0.3 is 14.9 Å². The van der Waals surface area contributed by atoms with E-state index in [0.29, 0.717) is 6.10 Å². The first kappa shape index (κ1) is 23.9. The van der Waals surface area contributed by atoms with Gasteiger partial charge in [-0.05, 0) is 27.7 Å². The Morgan fingerprint density at radius 2 is 1.20 bits per heavy atom. The third-order valence-corrected chi connectivity index (χ3v) is 0.571. The van der Waals surface area contributed by atoms with Crippen LogP contribution in [0.1, 0.15) is 27.7 Å². The largest absolute Gasteiger partial charge is 0.394 e. The molecule has 0 aliphatic rings. The molecule has 3 nitrogen and oxygen atoms in total. The molecule has 0 radical (unpaired) electrons. The smallest absolute Gasteiger partial charge is 0.0662 e. The molecule has 0 aromatic carbocycles. The van der Waals surface area contributed by atoms with Crippen LogP contribution in [0, 0.1) is 0 Å². The highest BCUT2D eigenvalue weighted by Gasteiger charge is 1.78. The lowest BCUT2D eigenvalue weighted by Crippen LogP contribution is -1.94. The minimum Gasteiger partial charge on any atom is -0.394 e. The Balaban J connectivity index is -0.0000000553. The van der Waals surface area contributed by atoms with Gasteiger partial charge in [0, 0.05) is 7.11 Å². The van der Waals surface area contributed by atoms with Crippen molar-refractivity contribution in [3.63, 3.8) is 0 Å². The Labute approximate surface area is 95.1 Å². The van der Waals surface area contributed by atoms with Crippen molar-refractivity contribution in [3.05, 3.63) is 25.3 Å². The normalized spacial score (nSPS) is 6.93. The van der Waals surface area contributed by atoms with Crippen LogP contribution in [0.2, 0.25) is 0 Å². The summed E-state index contributed by atoms with van der Waals surface area (Å²) in [4.78, 5) is 0. The van der Waals surface area contributed by atoms with E-state index in [4.69, 9.17) is 14.9 Å². The second-order valence-corrected chi connectivity index (χ2v) is 2.55. The predicted octanol–water partition coefficient (Wildman–Crippen LogP) is 2.40. The van der Waals surface area contributed by atoms with Gasteiger partial charge in [0.05, 0.1) is 19.3 Å². The molecular formula is C12H28O3. The summed E-state index contributed by atoms with van der Waals surface area (Å²) in [5, 5.41) is 15.2. The summed E-state index contributed by atoms with van der Waals surface area (Å²) >= 11 is 0. The summed E-state index contributed by atoms with van der Waals surface area (Å²) in [7, 11) is 1.70. The topological polar surface area (TPSA) is 49.7 Å². The van der Waals surface area contributed by atoms with Gasteiger partial charge in [-0.25, -0.2) is 0 Å². The van der Waals surface area contributed by atoms with E-state index >= 15 is 0 Å². The number of allylic oxidation sites excluding steroid dienone is 2. The highest BCUT2D eigenvalue weighted by molar-refractivity contribution is 4.51. The van der Waals surface area contributed by atoms with E-state index in [0.717, 1.165) is 0 Å². The lowest BCUT2D eigenvalue weighted by Gasteiger charge is -1.94. The van der Waals surface area contributed by atoms with Crippen LogP contribution in [-0.2, 0) is 4.74 Å². The van der Waals surface area contributed by atoms with Crippen molar-refractivity contribution in [3.8, 4) is 0 Å². The lowest BCUT2D eigenvalue weighted by molar-refractivity contribution is 0.134. The fourth-order valence-corrected chi connectivity index (χ4v) is 0. The standard InChI is InChI=1S/C4H10O.2C3H6.C2H6O2/c1-4(2)5-3;2*1-3-2;3-1-2-4/h4H,1-3H3;2*3H,1H2,2H3;3-4H,1-2H2. The Morgan fingerprint density at radius 1 is 1.07 bits per heavy atom. The molecule has 0 atom stereocenters. The number of methoxy groups -OCH3 is 1. The maximum Gasteiger partial charge on any atom is 0.0662 e. The van der Waals surface area contributed by atoms with Gasteiger partial charge in [0.2, 0.25) is 0 Å². The Kier molecular flexibility index (Phi) is 60.0. The highest BCUT2D eigenvalue weighted by atomic mass is 16.5. The number of ether oxygens (including phenoxy) is 1. The number of hydrogen-bond donors (Lipinski definition) is 2. The minimum atomic E-state index is -0.125. The van der Waals surface area contributed by atoms with Crippen molar-refractivity contribution in [2.45, 2.75) is 33.8 Å². The molecule has 3 heteroatoms. The van der Waals surface area contributed by atoms with Gasteiger partial charge >= 0.3 is 0 Å². The molecule has 0 unspecified atom stereocenters. The average molecular weight is 220 g/mol.